The van der Waals surface area contributed by atoms with Crippen LogP contribution in [-0.4, -0.2) is 29.2 Å². The number of ether oxygens (including phenoxy) is 2. The predicted molar refractivity (Wildman–Crippen MR) is 62.8 cm³/mol. The molecule has 0 bridgehead atoms. The SMILES string of the molecule is CC1(C)OC(=O)C(=C2SCCCS2)C(=O)O1. The van der Waals surface area contributed by atoms with Crippen molar-refractivity contribution in [3.8, 4) is 0 Å². The molecule has 2 aliphatic heterocycles. The van der Waals surface area contributed by atoms with Gasteiger partial charge < -0.3 is 9.47 Å². The maximum atomic E-state index is 11.7. The monoisotopic (exact) mass is 260 g/mol. The van der Waals surface area contributed by atoms with Crippen LogP contribution >= 0.6 is 23.5 Å². The molecule has 0 aromatic heterocycles. The zero-order valence-electron chi connectivity index (χ0n) is 9.07. The first-order chi connectivity index (χ1) is 7.49. The molecular weight excluding hydrogens is 248 g/mol. The number of hydrogen-bond donors (Lipinski definition) is 0. The van der Waals surface area contributed by atoms with E-state index in [1.54, 1.807) is 13.8 Å². The molecule has 2 aliphatic rings. The molecule has 2 heterocycles. The topological polar surface area (TPSA) is 52.6 Å². The van der Waals surface area contributed by atoms with Crippen molar-refractivity contribution in [2.45, 2.75) is 26.1 Å². The number of carbonyl (C=O) groups excluding carboxylic acids is 2. The highest BCUT2D eigenvalue weighted by atomic mass is 32.2. The van der Waals surface area contributed by atoms with Crippen LogP contribution in [-0.2, 0) is 19.1 Å². The van der Waals surface area contributed by atoms with Gasteiger partial charge in [0, 0.05) is 13.8 Å². The van der Waals surface area contributed by atoms with Crippen LogP contribution in [0.1, 0.15) is 20.3 Å². The van der Waals surface area contributed by atoms with Crippen molar-refractivity contribution in [3.63, 3.8) is 0 Å². The van der Waals surface area contributed by atoms with Crippen molar-refractivity contribution < 1.29 is 19.1 Å². The summed E-state index contributed by atoms with van der Waals surface area (Å²) in [5.74, 6) is -0.440. The number of cyclic esters (lactones) is 2. The molecule has 2 fully saturated rings. The molecule has 2 saturated heterocycles. The number of rotatable bonds is 0. The molecule has 0 spiro atoms. The van der Waals surface area contributed by atoms with E-state index in [0.717, 1.165) is 22.2 Å². The van der Waals surface area contributed by atoms with Crippen LogP contribution in [0.25, 0.3) is 0 Å². The van der Waals surface area contributed by atoms with E-state index in [4.69, 9.17) is 9.47 Å². The van der Waals surface area contributed by atoms with Crippen molar-refractivity contribution >= 4 is 35.5 Å². The Morgan fingerprint density at radius 1 is 1.06 bits per heavy atom. The summed E-state index contributed by atoms with van der Waals surface area (Å²) in [5.41, 5.74) is 0.0639. The van der Waals surface area contributed by atoms with Gasteiger partial charge in [-0.25, -0.2) is 9.59 Å². The Labute approximate surface area is 102 Å². The third-order valence-corrected chi connectivity index (χ3v) is 4.67. The lowest BCUT2D eigenvalue weighted by Crippen LogP contribution is -2.42. The molecule has 16 heavy (non-hydrogen) atoms. The third-order valence-electron chi connectivity index (χ3n) is 2.04. The van der Waals surface area contributed by atoms with Crippen LogP contribution in [0.3, 0.4) is 0 Å². The van der Waals surface area contributed by atoms with Gasteiger partial charge in [0.05, 0.1) is 4.24 Å². The van der Waals surface area contributed by atoms with E-state index in [0.29, 0.717) is 0 Å². The zero-order valence-corrected chi connectivity index (χ0v) is 10.7. The maximum absolute atomic E-state index is 11.7. The minimum Gasteiger partial charge on any atom is -0.419 e. The van der Waals surface area contributed by atoms with Crippen LogP contribution in [0.5, 0.6) is 0 Å². The van der Waals surface area contributed by atoms with Gasteiger partial charge in [0.2, 0.25) is 0 Å². The quantitative estimate of drug-likeness (QED) is 0.377. The molecule has 0 amide bonds. The van der Waals surface area contributed by atoms with Gasteiger partial charge in [-0.1, -0.05) is 0 Å². The van der Waals surface area contributed by atoms with E-state index in [1.807, 2.05) is 0 Å². The van der Waals surface area contributed by atoms with Gasteiger partial charge >= 0.3 is 11.9 Å². The highest BCUT2D eigenvalue weighted by Gasteiger charge is 2.41. The standard InChI is InChI=1S/C10H12O4S2/c1-10(2)13-7(11)6(8(12)14-10)9-15-4-3-5-16-9/h3-5H2,1-2H3. The molecule has 0 saturated carbocycles. The molecule has 6 heteroatoms. The second-order valence-corrected chi connectivity index (χ2v) is 6.36. The second-order valence-electron chi connectivity index (χ2n) is 3.89. The molecule has 0 aliphatic carbocycles. The fourth-order valence-electron chi connectivity index (χ4n) is 1.39. The average molecular weight is 260 g/mol. The van der Waals surface area contributed by atoms with Gasteiger partial charge in [0.25, 0.3) is 5.79 Å². The minimum atomic E-state index is -1.15. The fraction of sp³-hybridized carbons (Fsp3) is 0.600. The lowest BCUT2D eigenvalue weighted by molar-refractivity contribution is -0.222. The van der Waals surface area contributed by atoms with Gasteiger partial charge in [-0.3, -0.25) is 0 Å². The van der Waals surface area contributed by atoms with E-state index >= 15 is 0 Å². The van der Waals surface area contributed by atoms with Gasteiger partial charge in [-0.2, -0.15) is 0 Å². The van der Waals surface area contributed by atoms with Gasteiger partial charge in [0.15, 0.2) is 5.57 Å². The van der Waals surface area contributed by atoms with Crippen LogP contribution < -0.4 is 0 Å². The Hall–Kier alpha value is -0.620. The van der Waals surface area contributed by atoms with Gasteiger partial charge in [-0.15, -0.1) is 23.5 Å². The van der Waals surface area contributed by atoms with E-state index in [9.17, 15) is 9.59 Å². The summed E-state index contributed by atoms with van der Waals surface area (Å²) in [5, 5.41) is 0. The number of carbonyl (C=O) groups is 2. The summed E-state index contributed by atoms with van der Waals surface area (Å²) in [6, 6.07) is 0. The largest absolute Gasteiger partial charge is 0.419 e. The predicted octanol–water partition coefficient (Wildman–Crippen LogP) is 1.90. The Balaban J connectivity index is 2.28. The first-order valence-electron chi connectivity index (χ1n) is 4.96. The van der Waals surface area contributed by atoms with Crippen molar-refractivity contribution in [2.75, 3.05) is 11.5 Å². The highest BCUT2D eigenvalue weighted by molar-refractivity contribution is 8.22. The van der Waals surface area contributed by atoms with Gasteiger partial charge in [0.1, 0.15) is 0 Å². The third kappa shape index (κ3) is 2.38. The average Bonchev–Trinajstić information content (AvgIpc) is 2.16. The maximum Gasteiger partial charge on any atom is 0.350 e. The summed E-state index contributed by atoms with van der Waals surface area (Å²) in [4.78, 5) is 23.4. The summed E-state index contributed by atoms with van der Waals surface area (Å²) in [7, 11) is 0. The van der Waals surface area contributed by atoms with Crippen LogP contribution in [0, 0.1) is 0 Å². The van der Waals surface area contributed by atoms with Crippen LogP contribution in [0.15, 0.2) is 9.81 Å². The molecule has 88 valence electrons. The number of esters is 2. The van der Waals surface area contributed by atoms with E-state index in [-0.39, 0.29) is 5.57 Å². The van der Waals surface area contributed by atoms with E-state index in [2.05, 4.69) is 0 Å². The Morgan fingerprint density at radius 3 is 2.06 bits per heavy atom. The second kappa shape index (κ2) is 4.33. The van der Waals surface area contributed by atoms with Crippen LogP contribution in [0.4, 0.5) is 0 Å². The molecular formula is C10H12O4S2. The van der Waals surface area contributed by atoms with Gasteiger partial charge in [-0.05, 0) is 17.9 Å². The van der Waals surface area contributed by atoms with Crippen molar-refractivity contribution in [2.24, 2.45) is 0 Å². The highest BCUT2D eigenvalue weighted by Crippen LogP contribution is 2.39. The Kier molecular flexibility index (Phi) is 3.21. The molecule has 4 nitrogen and oxygen atoms in total. The molecule has 2 rings (SSSR count). The van der Waals surface area contributed by atoms with E-state index < -0.39 is 17.7 Å². The Morgan fingerprint density at radius 2 is 1.56 bits per heavy atom. The smallest absolute Gasteiger partial charge is 0.350 e. The first kappa shape index (κ1) is 11.9. The molecule has 0 aromatic carbocycles. The molecule has 0 aromatic rings. The first-order valence-corrected chi connectivity index (χ1v) is 6.93. The van der Waals surface area contributed by atoms with Crippen molar-refractivity contribution in [1.82, 2.24) is 0 Å². The van der Waals surface area contributed by atoms with Crippen molar-refractivity contribution in [3.05, 3.63) is 9.81 Å². The molecule has 0 unspecified atom stereocenters. The summed E-state index contributed by atoms with van der Waals surface area (Å²) in [6.07, 6.45) is 1.09. The Bertz CT molecular complexity index is 343. The molecule has 0 atom stereocenters. The zero-order chi connectivity index (χ0) is 11.8. The van der Waals surface area contributed by atoms with Crippen molar-refractivity contribution in [1.29, 1.82) is 0 Å². The fourth-order valence-corrected chi connectivity index (χ4v) is 3.98. The lowest BCUT2D eigenvalue weighted by atomic mass is 10.2. The summed E-state index contributed by atoms with van der Waals surface area (Å²) in [6.45, 7) is 3.09. The summed E-state index contributed by atoms with van der Waals surface area (Å²) >= 11 is 3.04. The molecule has 0 radical (unpaired) electrons. The summed E-state index contributed by atoms with van der Waals surface area (Å²) < 4.78 is 10.8. The van der Waals surface area contributed by atoms with E-state index in [1.165, 1.54) is 23.5 Å². The minimum absolute atomic E-state index is 0.0639. The lowest BCUT2D eigenvalue weighted by Gasteiger charge is -2.31. The normalized spacial score (nSPS) is 25.1. The van der Waals surface area contributed by atoms with Crippen LogP contribution in [0.2, 0.25) is 0 Å². The molecule has 0 N–H and O–H groups in total. The number of thioether (sulfide) groups is 2. The number of hydrogen-bond acceptors (Lipinski definition) is 6.